The molecule has 0 aliphatic carbocycles. The maximum atomic E-state index is 10.7. The van der Waals surface area contributed by atoms with Crippen molar-refractivity contribution in [1.82, 2.24) is 0 Å². The number of rotatable bonds is 4. The molecule has 0 radical (unpaired) electrons. The van der Waals surface area contributed by atoms with E-state index in [1.807, 2.05) is 43.3 Å². The fourth-order valence-electron chi connectivity index (χ4n) is 1.86. The van der Waals surface area contributed by atoms with Gasteiger partial charge in [-0.3, -0.25) is 4.79 Å². The summed E-state index contributed by atoms with van der Waals surface area (Å²) in [6, 6.07) is 13.0. The first kappa shape index (κ1) is 13.4. The molecule has 0 aromatic heterocycles. The minimum Gasteiger partial charge on any atom is -0.481 e. The molecule has 0 saturated carbocycles. The summed E-state index contributed by atoms with van der Waals surface area (Å²) in [6.07, 6.45) is 0.0229. The largest absolute Gasteiger partial charge is 0.481 e. The topological polar surface area (TPSA) is 49.3 Å². The predicted molar refractivity (Wildman–Crippen MR) is 77.3 cm³/mol. The highest BCUT2D eigenvalue weighted by Gasteiger charge is 2.03. The van der Waals surface area contributed by atoms with Crippen LogP contribution in [0.5, 0.6) is 0 Å². The van der Waals surface area contributed by atoms with Crippen LogP contribution in [-0.4, -0.2) is 11.1 Å². The second kappa shape index (κ2) is 5.76. The molecule has 0 bridgehead atoms. The molecule has 0 atom stereocenters. The fraction of sp³-hybridized carbons (Fsp3) is 0.133. The molecular formula is C15H14ClNO2. The molecule has 0 spiro atoms. The van der Waals surface area contributed by atoms with Crippen LogP contribution in [0, 0.1) is 6.92 Å². The first-order chi connectivity index (χ1) is 9.04. The first-order valence-corrected chi connectivity index (χ1v) is 6.26. The minimum atomic E-state index is -0.833. The van der Waals surface area contributed by atoms with Gasteiger partial charge in [-0.05, 0) is 48.4 Å². The number of benzene rings is 2. The van der Waals surface area contributed by atoms with E-state index in [0.29, 0.717) is 5.02 Å². The highest BCUT2D eigenvalue weighted by atomic mass is 35.5. The third kappa shape index (κ3) is 3.73. The third-order valence-electron chi connectivity index (χ3n) is 2.75. The molecule has 0 amide bonds. The highest BCUT2D eigenvalue weighted by molar-refractivity contribution is 6.30. The Morgan fingerprint density at radius 3 is 2.74 bits per heavy atom. The third-order valence-corrected chi connectivity index (χ3v) is 2.98. The van der Waals surface area contributed by atoms with Crippen molar-refractivity contribution in [2.45, 2.75) is 13.3 Å². The van der Waals surface area contributed by atoms with E-state index in [1.165, 1.54) is 0 Å². The molecule has 0 aliphatic rings. The van der Waals surface area contributed by atoms with Gasteiger partial charge in [0.2, 0.25) is 0 Å². The molecular weight excluding hydrogens is 262 g/mol. The average molecular weight is 276 g/mol. The second-order valence-electron chi connectivity index (χ2n) is 4.36. The number of hydrogen-bond donors (Lipinski definition) is 2. The standard InChI is InChI=1S/C15H14ClNO2/c1-10-7-12(16)5-6-14(10)17-13-4-2-3-11(8-13)9-15(18)19/h2-8,17H,9H2,1H3,(H,18,19). The molecule has 0 aliphatic heterocycles. The van der Waals surface area contributed by atoms with Crippen molar-refractivity contribution in [3.63, 3.8) is 0 Å². The van der Waals surface area contributed by atoms with Crippen LogP contribution >= 0.6 is 11.6 Å². The Labute approximate surface area is 116 Å². The molecule has 0 heterocycles. The van der Waals surface area contributed by atoms with Gasteiger partial charge in [-0.1, -0.05) is 23.7 Å². The van der Waals surface area contributed by atoms with Gasteiger partial charge in [-0.2, -0.15) is 0 Å². The number of halogens is 1. The fourth-order valence-corrected chi connectivity index (χ4v) is 2.08. The van der Waals surface area contributed by atoms with Crippen molar-refractivity contribution >= 4 is 28.9 Å². The van der Waals surface area contributed by atoms with E-state index in [4.69, 9.17) is 16.7 Å². The number of aryl methyl sites for hydroxylation is 1. The summed E-state index contributed by atoms with van der Waals surface area (Å²) in [5.74, 6) is -0.833. The summed E-state index contributed by atoms with van der Waals surface area (Å²) in [6.45, 7) is 1.97. The van der Waals surface area contributed by atoms with Gasteiger partial charge in [-0.15, -0.1) is 0 Å². The molecule has 4 heteroatoms. The summed E-state index contributed by atoms with van der Waals surface area (Å²) < 4.78 is 0. The summed E-state index contributed by atoms with van der Waals surface area (Å²) in [5.41, 5.74) is 3.63. The predicted octanol–water partition coefficient (Wildman–Crippen LogP) is 4.02. The Bertz CT molecular complexity index is 611. The Morgan fingerprint density at radius 2 is 2.05 bits per heavy atom. The van der Waals surface area contributed by atoms with Crippen molar-refractivity contribution in [2.24, 2.45) is 0 Å². The van der Waals surface area contributed by atoms with Crippen LogP contribution in [-0.2, 0) is 11.2 Å². The number of nitrogens with one attached hydrogen (secondary N) is 1. The van der Waals surface area contributed by atoms with Gasteiger partial charge in [0, 0.05) is 16.4 Å². The molecule has 0 unspecified atom stereocenters. The van der Waals surface area contributed by atoms with E-state index >= 15 is 0 Å². The number of carboxylic acids is 1. The van der Waals surface area contributed by atoms with E-state index in [1.54, 1.807) is 6.07 Å². The zero-order valence-electron chi connectivity index (χ0n) is 10.5. The van der Waals surface area contributed by atoms with Gasteiger partial charge < -0.3 is 10.4 Å². The van der Waals surface area contributed by atoms with Crippen molar-refractivity contribution in [3.05, 3.63) is 58.6 Å². The molecule has 2 N–H and O–H groups in total. The first-order valence-electron chi connectivity index (χ1n) is 5.88. The van der Waals surface area contributed by atoms with Gasteiger partial charge in [0.15, 0.2) is 0 Å². The van der Waals surface area contributed by atoms with Gasteiger partial charge in [0.25, 0.3) is 0 Å². The lowest BCUT2D eigenvalue weighted by Crippen LogP contribution is -2.00. The van der Waals surface area contributed by atoms with E-state index in [2.05, 4.69) is 5.32 Å². The molecule has 19 heavy (non-hydrogen) atoms. The summed E-state index contributed by atoms with van der Waals surface area (Å²) >= 11 is 5.91. The summed E-state index contributed by atoms with van der Waals surface area (Å²) in [7, 11) is 0. The lowest BCUT2D eigenvalue weighted by Gasteiger charge is -2.10. The van der Waals surface area contributed by atoms with Crippen molar-refractivity contribution in [1.29, 1.82) is 0 Å². The van der Waals surface area contributed by atoms with Crippen LogP contribution in [0.2, 0.25) is 5.02 Å². The minimum absolute atomic E-state index is 0.0229. The SMILES string of the molecule is Cc1cc(Cl)ccc1Nc1cccc(CC(=O)O)c1. The normalized spacial score (nSPS) is 10.2. The summed E-state index contributed by atoms with van der Waals surface area (Å²) in [5, 5.41) is 12.7. The number of aliphatic carboxylic acids is 1. The van der Waals surface area contributed by atoms with Gasteiger partial charge in [-0.25, -0.2) is 0 Å². The summed E-state index contributed by atoms with van der Waals surface area (Å²) in [4.78, 5) is 10.7. The number of carboxylic acid groups (broad SMARTS) is 1. The van der Waals surface area contributed by atoms with Crippen LogP contribution in [0.15, 0.2) is 42.5 Å². The lowest BCUT2D eigenvalue weighted by molar-refractivity contribution is -0.136. The van der Waals surface area contributed by atoms with Crippen molar-refractivity contribution in [2.75, 3.05) is 5.32 Å². The zero-order valence-corrected chi connectivity index (χ0v) is 11.2. The molecule has 0 saturated heterocycles. The zero-order chi connectivity index (χ0) is 13.8. The molecule has 0 fully saturated rings. The Morgan fingerprint density at radius 1 is 1.26 bits per heavy atom. The van der Waals surface area contributed by atoms with Crippen LogP contribution in [0.3, 0.4) is 0 Å². The highest BCUT2D eigenvalue weighted by Crippen LogP contribution is 2.24. The molecule has 3 nitrogen and oxygen atoms in total. The molecule has 2 aromatic carbocycles. The van der Waals surface area contributed by atoms with Crippen LogP contribution < -0.4 is 5.32 Å². The Kier molecular flexibility index (Phi) is 4.07. The van der Waals surface area contributed by atoms with Gasteiger partial charge >= 0.3 is 5.97 Å². The maximum absolute atomic E-state index is 10.7. The Balaban J connectivity index is 2.21. The number of carbonyl (C=O) groups is 1. The van der Waals surface area contributed by atoms with Crippen LogP contribution in [0.25, 0.3) is 0 Å². The van der Waals surface area contributed by atoms with Gasteiger partial charge in [0.1, 0.15) is 0 Å². The Hall–Kier alpha value is -2.00. The average Bonchev–Trinajstić information content (AvgIpc) is 2.32. The second-order valence-corrected chi connectivity index (χ2v) is 4.79. The van der Waals surface area contributed by atoms with Crippen molar-refractivity contribution < 1.29 is 9.90 Å². The van der Waals surface area contributed by atoms with Crippen LogP contribution in [0.4, 0.5) is 11.4 Å². The van der Waals surface area contributed by atoms with Crippen molar-refractivity contribution in [3.8, 4) is 0 Å². The quantitative estimate of drug-likeness (QED) is 0.886. The smallest absolute Gasteiger partial charge is 0.307 e. The molecule has 98 valence electrons. The van der Waals surface area contributed by atoms with E-state index in [0.717, 1.165) is 22.5 Å². The van der Waals surface area contributed by atoms with Crippen LogP contribution in [0.1, 0.15) is 11.1 Å². The number of hydrogen-bond acceptors (Lipinski definition) is 2. The van der Waals surface area contributed by atoms with E-state index < -0.39 is 5.97 Å². The lowest BCUT2D eigenvalue weighted by atomic mass is 10.1. The maximum Gasteiger partial charge on any atom is 0.307 e. The van der Waals surface area contributed by atoms with Gasteiger partial charge in [0.05, 0.1) is 6.42 Å². The monoisotopic (exact) mass is 275 g/mol. The van der Waals surface area contributed by atoms with E-state index in [9.17, 15) is 4.79 Å². The molecule has 2 aromatic rings. The van der Waals surface area contributed by atoms with E-state index in [-0.39, 0.29) is 6.42 Å². The number of anilines is 2. The molecule has 2 rings (SSSR count).